The number of aromatic nitrogens is 1. The number of halogens is 2. The number of aryl methyl sites for hydroxylation is 2. The number of benzene rings is 1. The Kier molecular flexibility index (Phi) is 9.30. The standard InChI is InChI=1S/C23H30ClN3O4S.ClH/c1-17-15-21(18(2)14-20(17)24)32(30,31)26(3)11-5-7-22(28)27-12-8-23(29,9-13-27)19-6-4-10-25-16-19;/h4,6,10,14-16,29H,5,7-9,11-13H2,1-3H3;1H. The summed E-state index contributed by atoms with van der Waals surface area (Å²) in [6.07, 6.45) is 4.91. The average molecular weight is 516 g/mol. The number of pyridine rings is 1. The number of carbonyl (C=O) groups excluding carboxylic acids is 1. The number of hydrogen-bond donors (Lipinski definition) is 1. The van der Waals surface area contributed by atoms with Crippen molar-refractivity contribution >= 4 is 39.9 Å². The molecule has 33 heavy (non-hydrogen) atoms. The molecule has 1 saturated heterocycles. The first-order chi connectivity index (χ1) is 15.0. The number of hydrogen-bond acceptors (Lipinski definition) is 5. The number of carbonyl (C=O) groups is 1. The summed E-state index contributed by atoms with van der Waals surface area (Å²) in [5.41, 5.74) is 1.11. The van der Waals surface area contributed by atoms with Crippen LogP contribution >= 0.6 is 24.0 Å². The highest BCUT2D eigenvalue weighted by Gasteiger charge is 2.35. The molecule has 0 atom stereocenters. The van der Waals surface area contributed by atoms with E-state index in [0.717, 1.165) is 5.56 Å². The molecule has 0 radical (unpaired) electrons. The lowest BCUT2D eigenvalue weighted by atomic mass is 9.85. The molecule has 2 heterocycles. The predicted molar refractivity (Wildman–Crippen MR) is 131 cm³/mol. The number of nitrogens with zero attached hydrogens (tertiary/aromatic N) is 3. The molecule has 1 aromatic carbocycles. The summed E-state index contributed by atoms with van der Waals surface area (Å²) in [6.45, 7) is 4.65. The molecular weight excluding hydrogens is 485 g/mol. The van der Waals surface area contributed by atoms with Gasteiger partial charge in [0.25, 0.3) is 0 Å². The van der Waals surface area contributed by atoms with Crippen molar-refractivity contribution in [3.63, 3.8) is 0 Å². The van der Waals surface area contributed by atoms with Gasteiger partial charge >= 0.3 is 0 Å². The molecule has 1 fully saturated rings. The van der Waals surface area contributed by atoms with Crippen molar-refractivity contribution in [1.82, 2.24) is 14.2 Å². The Morgan fingerprint density at radius 1 is 1.24 bits per heavy atom. The van der Waals surface area contributed by atoms with Crippen LogP contribution in [-0.4, -0.2) is 60.3 Å². The van der Waals surface area contributed by atoms with Crippen molar-refractivity contribution in [3.8, 4) is 0 Å². The molecule has 0 unspecified atom stereocenters. The maximum Gasteiger partial charge on any atom is 0.243 e. The van der Waals surface area contributed by atoms with Gasteiger partial charge in [-0.3, -0.25) is 9.78 Å². The number of likely N-dealkylation sites (tertiary alicyclic amines) is 1. The Labute approximate surface area is 207 Å². The molecule has 1 aliphatic heterocycles. The van der Waals surface area contributed by atoms with Crippen LogP contribution in [0.5, 0.6) is 0 Å². The van der Waals surface area contributed by atoms with Crippen LogP contribution in [0.2, 0.25) is 5.02 Å². The Bertz CT molecular complexity index is 1070. The second-order valence-corrected chi connectivity index (χ2v) is 10.9. The average Bonchev–Trinajstić information content (AvgIpc) is 2.77. The van der Waals surface area contributed by atoms with Gasteiger partial charge in [0.05, 0.1) is 10.5 Å². The van der Waals surface area contributed by atoms with Gasteiger partial charge < -0.3 is 10.0 Å². The molecule has 1 N–H and O–H groups in total. The van der Waals surface area contributed by atoms with Gasteiger partial charge in [-0.15, -0.1) is 12.4 Å². The van der Waals surface area contributed by atoms with Gasteiger partial charge in [-0.25, -0.2) is 12.7 Å². The highest BCUT2D eigenvalue weighted by molar-refractivity contribution is 7.89. The minimum absolute atomic E-state index is 0. The molecule has 182 valence electrons. The fourth-order valence-corrected chi connectivity index (χ4v) is 5.70. The zero-order valence-corrected chi connectivity index (χ0v) is 21.5. The second-order valence-electron chi connectivity index (χ2n) is 8.45. The van der Waals surface area contributed by atoms with Crippen molar-refractivity contribution in [1.29, 1.82) is 0 Å². The summed E-state index contributed by atoms with van der Waals surface area (Å²) in [5.74, 6) is -0.0254. The zero-order chi connectivity index (χ0) is 23.5. The van der Waals surface area contributed by atoms with Gasteiger partial charge in [0, 0.05) is 56.1 Å². The van der Waals surface area contributed by atoms with Crippen molar-refractivity contribution in [2.24, 2.45) is 0 Å². The van der Waals surface area contributed by atoms with E-state index in [1.807, 2.05) is 6.07 Å². The van der Waals surface area contributed by atoms with Gasteiger partial charge in [0.1, 0.15) is 0 Å². The normalized spacial score (nSPS) is 15.9. The Balaban J connectivity index is 0.00000385. The number of aliphatic hydroxyl groups is 1. The van der Waals surface area contributed by atoms with Crippen LogP contribution in [0.4, 0.5) is 0 Å². The first-order valence-corrected chi connectivity index (χ1v) is 12.5. The molecule has 1 aliphatic rings. The Hall–Kier alpha value is -1.71. The molecule has 7 nitrogen and oxygen atoms in total. The van der Waals surface area contributed by atoms with Crippen LogP contribution < -0.4 is 0 Å². The summed E-state index contributed by atoms with van der Waals surface area (Å²) in [6, 6.07) is 6.89. The van der Waals surface area contributed by atoms with Crippen LogP contribution in [0.15, 0.2) is 41.6 Å². The van der Waals surface area contributed by atoms with Crippen LogP contribution in [0.1, 0.15) is 42.4 Å². The van der Waals surface area contributed by atoms with Gasteiger partial charge in [-0.1, -0.05) is 17.7 Å². The Morgan fingerprint density at radius 3 is 2.52 bits per heavy atom. The third-order valence-corrected chi connectivity index (χ3v) is 8.56. The molecular formula is C23H31Cl2N3O4S. The molecule has 0 saturated carbocycles. The van der Waals surface area contributed by atoms with E-state index in [0.29, 0.717) is 48.5 Å². The number of rotatable bonds is 7. The maximum absolute atomic E-state index is 13.0. The first-order valence-electron chi connectivity index (χ1n) is 10.7. The van der Waals surface area contributed by atoms with Crippen molar-refractivity contribution in [2.45, 2.75) is 50.0 Å². The van der Waals surface area contributed by atoms with E-state index >= 15 is 0 Å². The zero-order valence-electron chi connectivity index (χ0n) is 19.1. The van der Waals surface area contributed by atoms with E-state index < -0.39 is 15.6 Å². The monoisotopic (exact) mass is 515 g/mol. The molecule has 0 spiro atoms. The molecule has 1 amide bonds. The highest BCUT2D eigenvalue weighted by Crippen LogP contribution is 2.32. The van der Waals surface area contributed by atoms with E-state index in [1.54, 1.807) is 49.3 Å². The van der Waals surface area contributed by atoms with Crippen molar-refractivity contribution in [2.75, 3.05) is 26.7 Å². The Morgan fingerprint density at radius 2 is 1.91 bits per heavy atom. The summed E-state index contributed by atoms with van der Waals surface area (Å²) in [5, 5.41) is 11.4. The van der Waals surface area contributed by atoms with E-state index in [9.17, 15) is 18.3 Å². The van der Waals surface area contributed by atoms with Crippen LogP contribution in [-0.2, 0) is 20.4 Å². The summed E-state index contributed by atoms with van der Waals surface area (Å²) in [4.78, 5) is 18.7. The van der Waals surface area contributed by atoms with Crippen molar-refractivity contribution < 1.29 is 18.3 Å². The van der Waals surface area contributed by atoms with Crippen LogP contribution in [0, 0.1) is 13.8 Å². The third kappa shape index (κ3) is 6.25. The smallest absolute Gasteiger partial charge is 0.243 e. The summed E-state index contributed by atoms with van der Waals surface area (Å²) in [7, 11) is -2.14. The van der Waals surface area contributed by atoms with E-state index in [-0.39, 0.29) is 36.2 Å². The van der Waals surface area contributed by atoms with E-state index in [4.69, 9.17) is 11.6 Å². The fraction of sp³-hybridized carbons (Fsp3) is 0.478. The molecule has 10 heteroatoms. The quantitative estimate of drug-likeness (QED) is 0.607. The SMILES string of the molecule is Cc1cc(S(=O)(=O)N(C)CCCC(=O)N2CCC(O)(c3cccnc3)CC2)c(C)cc1Cl.Cl. The minimum Gasteiger partial charge on any atom is -0.385 e. The minimum atomic E-state index is -3.67. The molecule has 1 aromatic heterocycles. The van der Waals surface area contributed by atoms with Gasteiger partial charge in [0.15, 0.2) is 0 Å². The number of sulfonamides is 1. The van der Waals surface area contributed by atoms with E-state index in [2.05, 4.69) is 4.98 Å². The lowest BCUT2D eigenvalue weighted by Crippen LogP contribution is -2.45. The highest BCUT2D eigenvalue weighted by atomic mass is 35.5. The number of piperidine rings is 1. The number of amides is 1. The molecule has 0 bridgehead atoms. The first kappa shape index (κ1) is 27.5. The lowest BCUT2D eigenvalue weighted by Gasteiger charge is -2.38. The maximum atomic E-state index is 13.0. The lowest BCUT2D eigenvalue weighted by molar-refractivity contribution is -0.135. The molecule has 0 aliphatic carbocycles. The van der Waals surface area contributed by atoms with Crippen LogP contribution in [0.25, 0.3) is 0 Å². The largest absolute Gasteiger partial charge is 0.385 e. The van der Waals surface area contributed by atoms with Crippen LogP contribution in [0.3, 0.4) is 0 Å². The van der Waals surface area contributed by atoms with Gasteiger partial charge in [-0.2, -0.15) is 0 Å². The molecule has 3 rings (SSSR count). The van der Waals surface area contributed by atoms with Crippen molar-refractivity contribution in [3.05, 3.63) is 58.4 Å². The summed E-state index contributed by atoms with van der Waals surface area (Å²) >= 11 is 6.09. The topological polar surface area (TPSA) is 90.8 Å². The fourth-order valence-electron chi connectivity index (χ4n) is 3.98. The van der Waals surface area contributed by atoms with Gasteiger partial charge in [0.2, 0.25) is 15.9 Å². The van der Waals surface area contributed by atoms with Gasteiger partial charge in [-0.05, 0) is 62.4 Å². The second kappa shape index (κ2) is 11.1. The summed E-state index contributed by atoms with van der Waals surface area (Å²) < 4.78 is 27.2. The predicted octanol–water partition coefficient (Wildman–Crippen LogP) is 3.68. The van der Waals surface area contributed by atoms with E-state index in [1.165, 1.54) is 11.4 Å². The molecule has 2 aromatic rings. The third-order valence-electron chi connectivity index (χ3n) is 6.15.